The van der Waals surface area contributed by atoms with E-state index in [4.69, 9.17) is 26.1 Å². The van der Waals surface area contributed by atoms with Crippen LogP contribution in [0, 0.1) is 0 Å². The van der Waals surface area contributed by atoms with E-state index >= 15 is 0 Å². The molecule has 6 N–H and O–H groups in total. The van der Waals surface area contributed by atoms with E-state index in [1.807, 2.05) is 0 Å². The lowest BCUT2D eigenvalue weighted by Gasteiger charge is -2.18. The highest BCUT2D eigenvalue weighted by Gasteiger charge is 2.45. The summed E-state index contributed by atoms with van der Waals surface area (Å²) in [6, 6.07) is 0. The van der Waals surface area contributed by atoms with Gasteiger partial charge in [-0.05, 0) is 56.5 Å². The van der Waals surface area contributed by atoms with Crippen molar-refractivity contribution in [2.75, 3.05) is 17.4 Å². The lowest BCUT2D eigenvalue weighted by atomic mass is 10.1. The standard InChI is InChI=1S/C30H48ClN5O9P2/c1-2-3-4-5-6-7-8-9-10-11-12-13-14-15-16-17-23(37)33-27-24-28(35-30(31)34-27)36(20-32-24)29-26(39)25(38)22(45-29)18-19-46(40,41)21-47(42,43)44/h6-7,9-10,20,22,25-26,29,38-39H,2-5,8,11-19,21H2,1H3,(H,40,41)(H2,42,43,44)(H,33,34,35,37)/b7-6-,10-9-/t22-,25?,26?,29-/m1/s1. The van der Waals surface area contributed by atoms with E-state index in [0.717, 1.165) is 44.9 Å². The van der Waals surface area contributed by atoms with Crippen molar-refractivity contribution in [1.29, 1.82) is 0 Å². The SMILES string of the molecule is CCCCC/C=C\C/C=C\CCCCCCCC(=O)Nc1nc(Cl)nc2c1ncn2[C@@H]1O[C@H](CCP(=O)(O)CP(=O)(O)O)C(O)C1O. The van der Waals surface area contributed by atoms with Crippen molar-refractivity contribution in [3.05, 3.63) is 35.9 Å². The number of nitrogens with one attached hydrogen (secondary N) is 1. The van der Waals surface area contributed by atoms with Gasteiger partial charge in [0.25, 0.3) is 0 Å². The summed E-state index contributed by atoms with van der Waals surface area (Å²) >= 11 is 6.14. The number of carbonyl (C=O) groups is 1. The van der Waals surface area contributed by atoms with Crippen molar-refractivity contribution in [2.24, 2.45) is 0 Å². The van der Waals surface area contributed by atoms with Gasteiger partial charge in [-0.3, -0.25) is 18.5 Å². The Hall–Kier alpha value is -1.99. The largest absolute Gasteiger partial charge is 0.388 e. The number of hydrogen-bond donors (Lipinski definition) is 6. The summed E-state index contributed by atoms with van der Waals surface area (Å²) in [7, 11) is -8.96. The summed E-state index contributed by atoms with van der Waals surface area (Å²) in [6.07, 6.45) is 16.2. The third-order valence-electron chi connectivity index (χ3n) is 7.79. The number of aliphatic hydroxyl groups excluding tert-OH is 2. The summed E-state index contributed by atoms with van der Waals surface area (Å²) in [5, 5.41) is 23.7. The molecule has 1 saturated heterocycles. The fourth-order valence-electron chi connectivity index (χ4n) is 5.34. The van der Waals surface area contributed by atoms with Gasteiger partial charge in [0.2, 0.25) is 18.6 Å². The molecule has 0 aromatic carbocycles. The summed E-state index contributed by atoms with van der Waals surface area (Å²) in [5.74, 6) is -1.38. The predicted molar refractivity (Wildman–Crippen MR) is 180 cm³/mol. The topological polar surface area (TPSA) is 217 Å². The first-order chi connectivity index (χ1) is 22.3. The van der Waals surface area contributed by atoms with Crippen LogP contribution in [0.5, 0.6) is 0 Å². The average Bonchev–Trinajstić information content (AvgIpc) is 3.52. The van der Waals surface area contributed by atoms with Gasteiger partial charge in [-0.15, -0.1) is 0 Å². The van der Waals surface area contributed by atoms with Crippen LogP contribution >= 0.6 is 26.6 Å². The Balaban J connectivity index is 1.45. The number of hydrogen-bond acceptors (Lipinski definition) is 9. The second-order valence-corrected chi connectivity index (χ2v) is 16.8. The first-order valence-electron chi connectivity index (χ1n) is 16.2. The van der Waals surface area contributed by atoms with Gasteiger partial charge in [-0.1, -0.05) is 63.3 Å². The molecule has 3 heterocycles. The molecule has 17 heteroatoms. The lowest BCUT2D eigenvalue weighted by molar-refractivity contribution is -0.116. The fraction of sp³-hybridized carbons (Fsp3) is 0.667. The maximum atomic E-state index is 12.7. The highest BCUT2D eigenvalue weighted by molar-refractivity contribution is 7.72. The van der Waals surface area contributed by atoms with Crippen LogP contribution < -0.4 is 5.32 Å². The molecule has 0 spiro atoms. The molecule has 0 saturated carbocycles. The Labute approximate surface area is 280 Å². The van der Waals surface area contributed by atoms with Gasteiger partial charge in [0.15, 0.2) is 23.2 Å². The Morgan fingerprint density at radius 1 is 0.979 bits per heavy atom. The van der Waals surface area contributed by atoms with Gasteiger partial charge >= 0.3 is 7.60 Å². The molecule has 2 aromatic heterocycles. The number of fused-ring (bicyclic) bond motifs is 1. The van der Waals surface area contributed by atoms with Crippen molar-refractivity contribution in [3.8, 4) is 0 Å². The Morgan fingerprint density at radius 2 is 1.64 bits per heavy atom. The van der Waals surface area contributed by atoms with Crippen LogP contribution in [-0.2, 0) is 18.7 Å². The minimum absolute atomic E-state index is 0.0783. The monoisotopic (exact) mass is 719 g/mol. The number of aromatic nitrogens is 4. The molecule has 0 bridgehead atoms. The van der Waals surface area contributed by atoms with Gasteiger partial charge in [0, 0.05) is 12.6 Å². The number of amides is 1. The van der Waals surface area contributed by atoms with E-state index in [-0.39, 0.29) is 41.0 Å². The summed E-state index contributed by atoms with van der Waals surface area (Å²) < 4.78 is 30.4. The summed E-state index contributed by atoms with van der Waals surface area (Å²) in [4.78, 5) is 53.2. The minimum atomic E-state index is -4.73. The van der Waals surface area contributed by atoms with Crippen LogP contribution in [0.15, 0.2) is 30.6 Å². The zero-order valence-electron chi connectivity index (χ0n) is 26.7. The number of rotatable bonds is 21. The first-order valence-corrected chi connectivity index (χ1v) is 20.4. The van der Waals surface area contributed by atoms with E-state index in [1.54, 1.807) is 0 Å². The van der Waals surface area contributed by atoms with Gasteiger partial charge in [0.1, 0.15) is 18.1 Å². The maximum absolute atomic E-state index is 12.7. The third kappa shape index (κ3) is 13.4. The van der Waals surface area contributed by atoms with E-state index in [0.29, 0.717) is 6.42 Å². The number of imidazole rings is 1. The Bertz CT molecular complexity index is 1450. The molecule has 14 nitrogen and oxygen atoms in total. The van der Waals surface area contributed by atoms with Crippen LogP contribution in [0.25, 0.3) is 11.2 Å². The zero-order chi connectivity index (χ0) is 34.5. The number of allylic oxidation sites excluding steroid dienone is 4. The molecule has 0 aliphatic carbocycles. The van der Waals surface area contributed by atoms with Crippen molar-refractivity contribution >= 4 is 49.5 Å². The number of nitrogens with zero attached hydrogens (tertiary/aromatic N) is 4. The van der Waals surface area contributed by atoms with Crippen LogP contribution in [0.3, 0.4) is 0 Å². The smallest absolute Gasteiger partial charge is 0.335 e. The molecule has 1 aliphatic heterocycles. The predicted octanol–water partition coefficient (Wildman–Crippen LogP) is 5.65. The second kappa shape index (κ2) is 19.3. The molecular weight excluding hydrogens is 672 g/mol. The third-order valence-corrected chi connectivity index (χ3v) is 12.2. The maximum Gasteiger partial charge on any atom is 0.335 e. The van der Waals surface area contributed by atoms with Gasteiger partial charge in [0.05, 0.1) is 12.4 Å². The van der Waals surface area contributed by atoms with Crippen LogP contribution in [0.4, 0.5) is 5.82 Å². The van der Waals surface area contributed by atoms with Crippen LogP contribution in [0.2, 0.25) is 5.28 Å². The molecule has 3 unspecified atom stereocenters. The first kappa shape index (κ1) is 39.4. The Kier molecular flexibility index (Phi) is 16.2. The highest BCUT2D eigenvalue weighted by Crippen LogP contribution is 2.55. The number of ether oxygens (including phenoxy) is 1. The van der Waals surface area contributed by atoms with Crippen LogP contribution in [-0.4, -0.2) is 80.7 Å². The number of unbranched alkanes of at least 4 members (excludes halogenated alkanes) is 8. The summed E-state index contributed by atoms with van der Waals surface area (Å²) in [6.45, 7) is 2.21. The van der Waals surface area contributed by atoms with Gasteiger partial charge < -0.3 is 34.9 Å². The van der Waals surface area contributed by atoms with Crippen molar-refractivity contribution < 1.29 is 43.6 Å². The number of carbonyl (C=O) groups excluding carboxylic acids is 1. The molecule has 47 heavy (non-hydrogen) atoms. The number of anilines is 1. The van der Waals surface area contributed by atoms with Gasteiger partial charge in [-0.25, -0.2) is 4.98 Å². The van der Waals surface area contributed by atoms with E-state index < -0.39 is 51.6 Å². The highest BCUT2D eigenvalue weighted by atomic mass is 35.5. The molecule has 1 amide bonds. The number of halogens is 1. The molecule has 1 aliphatic rings. The van der Waals surface area contributed by atoms with E-state index in [2.05, 4.69) is 51.5 Å². The average molecular weight is 720 g/mol. The molecule has 264 valence electrons. The lowest BCUT2D eigenvalue weighted by Crippen LogP contribution is -2.32. The summed E-state index contributed by atoms with van der Waals surface area (Å²) in [5.41, 5.74) is 0.293. The van der Waals surface area contributed by atoms with Crippen molar-refractivity contribution in [1.82, 2.24) is 19.5 Å². The zero-order valence-corrected chi connectivity index (χ0v) is 29.3. The molecule has 3 rings (SSSR count). The Morgan fingerprint density at radius 3 is 2.32 bits per heavy atom. The van der Waals surface area contributed by atoms with E-state index in [9.17, 15) is 29.0 Å². The molecule has 5 atom stereocenters. The quantitative estimate of drug-likeness (QED) is 0.0399. The van der Waals surface area contributed by atoms with E-state index in [1.165, 1.54) is 30.2 Å². The molecule has 0 radical (unpaired) electrons. The van der Waals surface area contributed by atoms with Crippen LogP contribution in [0.1, 0.15) is 96.6 Å². The van der Waals surface area contributed by atoms with Crippen molar-refractivity contribution in [3.63, 3.8) is 0 Å². The number of aliphatic hydroxyl groups is 2. The molecule has 2 aromatic rings. The van der Waals surface area contributed by atoms with Gasteiger partial charge in [-0.2, -0.15) is 9.97 Å². The minimum Gasteiger partial charge on any atom is -0.388 e. The second-order valence-electron chi connectivity index (χ2n) is 11.9. The molecular formula is C30H48ClN5O9P2. The normalized spacial score (nSPS) is 21.7. The molecule has 1 fully saturated rings. The van der Waals surface area contributed by atoms with Crippen molar-refractivity contribution in [2.45, 2.75) is 115 Å². The fourth-order valence-corrected chi connectivity index (χ4v) is 9.03.